The molecule has 0 aliphatic heterocycles. The maximum absolute atomic E-state index is 2.31. The summed E-state index contributed by atoms with van der Waals surface area (Å²) in [5.41, 5.74) is 11.0. The van der Waals surface area contributed by atoms with Crippen molar-refractivity contribution in [3.8, 4) is 22.3 Å². The van der Waals surface area contributed by atoms with Gasteiger partial charge in [0.25, 0.3) is 0 Å². The SMILES string of the molecule is c1ccc(C23c4ccccc4-c4cccc(c42)-c2ccccc23)cc1. The highest BCUT2D eigenvalue weighted by Crippen LogP contribution is 2.63. The van der Waals surface area contributed by atoms with Gasteiger partial charge in [0.05, 0.1) is 5.41 Å². The molecule has 0 bridgehead atoms. The Labute approximate surface area is 147 Å². The Kier molecular flexibility index (Phi) is 2.37. The van der Waals surface area contributed by atoms with E-state index in [0.717, 1.165) is 0 Å². The molecule has 0 fully saturated rings. The number of hydrogen-bond acceptors (Lipinski definition) is 0. The van der Waals surface area contributed by atoms with Crippen LogP contribution < -0.4 is 0 Å². The van der Waals surface area contributed by atoms with Gasteiger partial charge in [-0.2, -0.15) is 0 Å². The third-order valence-electron chi connectivity index (χ3n) is 5.89. The molecule has 0 nitrogen and oxygen atoms in total. The van der Waals surface area contributed by atoms with Gasteiger partial charge in [0, 0.05) is 0 Å². The number of fused-ring (bicyclic) bond motifs is 6. The second-order valence-corrected chi connectivity index (χ2v) is 6.94. The molecule has 6 rings (SSSR count). The van der Waals surface area contributed by atoms with Gasteiger partial charge in [-0.05, 0) is 44.5 Å². The minimum atomic E-state index is -0.180. The Bertz CT molecular complexity index is 1070. The lowest BCUT2D eigenvalue weighted by atomic mass is 9.70. The summed E-state index contributed by atoms with van der Waals surface area (Å²) >= 11 is 0. The van der Waals surface area contributed by atoms with E-state index in [0.29, 0.717) is 0 Å². The van der Waals surface area contributed by atoms with Gasteiger partial charge in [0.15, 0.2) is 0 Å². The summed E-state index contributed by atoms with van der Waals surface area (Å²) in [7, 11) is 0. The van der Waals surface area contributed by atoms with Gasteiger partial charge in [-0.3, -0.25) is 0 Å². The van der Waals surface area contributed by atoms with Crippen LogP contribution in [-0.2, 0) is 5.41 Å². The zero-order valence-electron chi connectivity index (χ0n) is 13.7. The monoisotopic (exact) mass is 316 g/mol. The van der Waals surface area contributed by atoms with Crippen LogP contribution in [-0.4, -0.2) is 0 Å². The van der Waals surface area contributed by atoms with Crippen LogP contribution >= 0.6 is 0 Å². The van der Waals surface area contributed by atoms with E-state index in [4.69, 9.17) is 0 Å². The van der Waals surface area contributed by atoms with E-state index >= 15 is 0 Å². The molecular weight excluding hydrogens is 300 g/mol. The lowest BCUT2D eigenvalue weighted by molar-refractivity contribution is 0.792. The number of hydrogen-bond donors (Lipinski definition) is 0. The zero-order chi connectivity index (χ0) is 16.4. The molecule has 4 aromatic carbocycles. The summed E-state index contributed by atoms with van der Waals surface area (Å²) in [5.74, 6) is 0. The van der Waals surface area contributed by atoms with Gasteiger partial charge in [0.2, 0.25) is 0 Å². The molecule has 0 atom stereocenters. The van der Waals surface area contributed by atoms with Crippen molar-refractivity contribution in [1.82, 2.24) is 0 Å². The smallest absolute Gasteiger partial charge is 0.0622 e. The van der Waals surface area contributed by atoms with Gasteiger partial charge in [-0.15, -0.1) is 0 Å². The lowest BCUT2D eigenvalue weighted by Crippen LogP contribution is -2.25. The summed E-state index contributed by atoms with van der Waals surface area (Å²) < 4.78 is 0. The highest BCUT2D eigenvalue weighted by atomic mass is 14.5. The van der Waals surface area contributed by atoms with Crippen LogP contribution in [0, 0.1) is 0 Å². The first-order valence-corrected chi connectivity index (χ1v) is 8.81. The predicted octanol–water partition coefficient (Wildman–Crippen LogP) is 6.03. The first kappa shape index (κ1) is 13.2. The van der Waals surface area contributed by atoms with Crippen LogP contribution in [0.2, 0.25) is 0 Å². The second-order valence-electron chi connectivity index (χ2n) is 6.94. The van der Waals surface area contributed by atoms with Gasteiger partial charge in [-0.1, -0.05) is 97.1 Å². The number of rotatable bonds is 1. The molecule has 0 unspecified atom stereocenters. The van der Waals surface area contributed by atoms with Gasteiger partial charge >= 0.3 is 0 Å². The Morgan fingerprint density at radius 3 is 1.48 bits per heavy atom. The largest absolute Gasteiger partial charge is 0.0725 e. The molecule has 2 aliphatic rings. The van der Waals surface area contributed by atoms with Crippen molar-refractivity contribution in [1.29, 1.82) is 0 Å². The van der Waals surface area contributed by atoms with E-state index in [1.807, 2.05) is 0 Å². The van der Waals surface area contributed by atoms with Crippen molar-refractivity contribution in [2.24, 2.45) is 0 Å². The molecule has 0 heterocycles. The normalized spacial score (nSPS) is 14.7. The molecule has 2 aliphatic carbocycles. The van der Waals surface area contributed by atoms with Crippen LogP contribution in [0.4, 0.5) is 0 Å². The third-order valence-corrected chi connectivity index (χ3v) is 5.89. The molecule has 25 heavy (non-hydrogen) atoms. The molecule has 0 heteroatoms. The van der Waals surface area contributed by atoms with Crippen LogP contribution in [0.15, 0.2) is 97.1 Å². The van der Waals surface area contributed by atoms with E-state index in [9.17, 15) is 0 Å². The molecule has 0 N–H and O–H groups in total. The summed E-state index contributed by atoms with van der Waals surface area (Å²) in [6, 6.07) is 35.6. The Morgan fingerprint density at radius 2 is 0.880 bits per heavy atom. The first-order chi connectivity index (χ1) is 12.4. The van der Waals surface area contributed by atoms with E-state index in [-0.39, 0.29) is 5.41 Å². The van der Waals surface area contributed by atoms with Gasteiger partial charge in [-0.25, -0.2) is 0 Å². The van der Waals surface area contributed by atoms with Gasteiger partial charge < -0.3 is 0 Å². The van der Waals surface area contributed by atoms with Crippen LogP contribution in [0.25, 0.3) is 22.3 Å². The standard InChI is InChI=1S/C25H16/c1-2-9-17(10-3-1)25-22-15-6-4-11-18(22)20-13-8-14-21(24(20)25)19-12-5-7-16-23(19)25/h1-16H. The second kappa shape index (κ2) is 4.49. The molecule has 0 aromatic heterocycles. The van der Waals surface area contributed by atoms with E-state index in [1.165, 1.54) is 44.5 Å². The van der Waals surface area contributed by atoms with Crippen molar-refractivity contribution < 1.29 is 0 Å². The minimum Gasteiger partial charge on any atom is -0.0622 e. The zero-order valence-corrected chi connectivity index (χ0v) is 13.7. The Hall–Kier alpha value is -3.12. The quantitative estimate of drug-likeness (QED) is 0.347. The van der Waals surface area contributed by atoms with Crippen molar-refractivity contribution in [2.75, 3.05) is 0 Å². The Morgan fingerprint density at radius 1 is 0.400 bits per heavy atom. The fourth-order valence-corrected chi connectivity index (χ4v) is 5.05. The molecule has 0 saturated heterocycles. The molecule has 0 saturated carbocycles. The molecule has 116 valence electrons. The Balaban J connectivity index is 1.89. The first-order valence-electron chi connectivity index (χ1n) is 8.81. The van der Waals surface area contributed by atoms with Crippen molar-refractivity contribution in [3.05, 3.63) is 119 Å². The summed E-state index contributed by atoms with van der Waals surface area (Å²) in [5, 5.41) is 0. The summed E-state index contributed by atoms with van der Waals surface area (Å²) in [6.07, 6.45) is 0. The average molecular weight is 316 g/mol. The molecule has 0 amide bonds. The third kappa shape index (κ3) is 1.40. The van der Waals surface area contributed by atoms with Gasteiger partial charge in [0.1, 0.15) is 0 Å². The summed E-state index contributed by atoms with van der Waals surface area (Å²) in [4.78, 5) is 0. The maximum atomic E-state index is 2.31. The summed E-state index contributed by atoms with van der Waals surface area (Å²) in [6.45, 7) is 0. The van der Waals surface area contributed by atoms with Crippen LogP contribution in [0.3, 0.4) is 0 Å². The van der Waals surface area contributed by atoms with Crippen molar-refractivity contribution in [3.63, 3.8) is 0 Å². The highest BCUT2D eigenvalue weighted by Gasteiger charge is 2.51. The topological polar surface area (TPSA) is 0 Å². The van der Waals surface area contributed by atoms with Crippen molar-refractivity contribution >= 4 is 0 Å². The van der Waals surface area contributed by atoms with Crippen LogP contribution in [0.5, 0.6) is 0 Å². The molecular formula is C25H16. The lowest BCUT2D eigenvalue weighted by Gasteiger charge is -2.30. The fourth-order valence-electron chi connectivity index (χ4n) is 5.05. The van der Waals surface area contributed by atoms with E-state index in [2.05, 4.69) is 97.1 Å². The molecule has 4 aromatic rings. The van der Waals surface area contributed by atoms with Crippen LogP contribution in [0.1, 0.15) is 22.3 Å². The highest BCUT2D eigenvalue weighted by molar-refractivity contribution is 5.98. The minimum absolute atomic E-state index is 0.180. The predicted molar refractivity (Wildman–Crippen MR) is 103 cm³/mol. The molecule has 0 spiro atoms. The number of benzene rings is 4. The molecule has 0 radical (unpaired) electrons. The fraction of sp³-hybridized carbons (Fsp3) is 0.0400. The van der Waals surface area contributed by atoms with E-state index < -0.39 is 0 Å². The maximum Gasteiger partial charge on any atom is 0.0725 e. The average Bonchev–Trinajstić information content (AvgIpc) is 3.17. The van der Waals surface area contributed by atoms with E-state index in [1.54, 1.807) is 0 Å². The van der Waals surface area contributed by atoms with Crippen molar-refractivity contribution in [2.45, 2.75) is 5.41 Å².